The van der Waals surface area contributed by atoms with Gasteiger partial charge in [0.25, 0.3) is 5.56 Å². The third-order valence-corrected chi connectivity index (χ3v) is 1.83. The summed E-state index contributed by atoms with van der Waals surface area (Å²) in [7, 11) is 0. The zero-order chi connectivity index (χ0) is 11.0. The van der Waals surface area contributed by atoms with Crippen LogP contribution in [-0.2, 0) is 0 Å². The number of nitrogens with two attached hydrogens (primary N) is 1. The molecule has 0 bridgehead atoms. The topological polar surface area (TPSA) is 110 Å². The van der Waals surface area contributed by atoms with E-state index >= 15 is 0 Å². The van der Waals surface area contributed by atoms with Crippen LogP contribution in [0.1, 0.15) is 5.82 Å². The Kier molecular flexibility index (Phi) is 1.93. The molecule has 0 atom stereocenters. The van der Waals surface area contributed by atoms with Gasteiger partial charge in [0.15, 0.2) is 5.69 Å². The molecule has 0 fully saturated rings. The van der Waals surface area contributed by atoms with E-state index in [2.05, 4.69) is 15.1 Å². The van der Waals surface area contributed by atoms with Gasteiger partial charge in [-0.15, -0.1) is 0 Å². The Morgan fingerprint density at radius 1 is 1.60 bits per heavy atom. The number of nitrogens with one attached hydrogen (secondary N) is 1. The number of nitrogen functional groups attached to an aromatic ring is 1. The second-order valence-electron chi connectivity index (χ2n) is 3.01. The van der Waals surface area contributed by atoms with Crippen LogP contribution in [0.2, 0.25) is 0 Å². The normalized spacial score (nSPS) is 10.5. The number of aromatic amines is 1. The molecule has 0 saturated heterocycles. The highest BCUT2D eigenvalue weighted by atomic mass is 16.3. The third kappa shape index (κ3) is 1.54. The van der Waals surface area contributed by atoms with E-state index in [1.165, 1.54) is 16.9 Å². The van der Waals surface area contributed by atoms with Crippen LogP contribution in [0.5, 0.6) is 5.88 Å². The van der Waals surface area contributed by atoms with Crippen LogP contribution in [0, 0.1) is 6.92 Å². The zero-order valence-electron chi connectivity index (χ0n) is 7.93. The Balaban J connectivity index is 2.68. The van der Waals surface area contributed by atoms with Crippen molar-refractivity contribution in [2.45, 2.75) is 6.92 Å². The van der Waals surface area contributed by atoms with E-state index in [1.54, 1.807) is 6.92 Å². The summed E-state index contributed by atoms with van der Waals surface area (Å²) in [5.74, 6) is 0.218. The molecule has 0 radical (unpaired) electrons. The van der Waals surface area contributed by atoms with Crippen LogP contribution in [0.4, 0.5) is 5.82 Å². The molecule has 0 saturated carbocycles. The largest absolute Gasteiger partial charge is 0.492 e. The molecule has 4 N–H and O–H groups in total. The molecule has 0 aliphatic rings. The van der Waals surface area contributed by atoms with Gasteiger partial charge < -0.3 is 15.8 Å². The molecule has 0 aromatic carbocycles. The molecule has 2 aromatic rings. The average Bonchev–Trinajstić information content (AvgIpc) is 2.49. The Labute approximate surface area is 84.2 Å². The number of aromatic nitrogens is 4. The lowest BCUT2D eigenvalue weighted by molar-refractivity contribution is 0.443. The number of hydrogen-bond acceptors (Lipinski definition) is 5. The number of nitrogens with zero attached hydrogens (tertiary/aromatic N) is 3. The van der Waals surface area contributed by atoms with Crippen molar-refractivity contribution in [2.24, 2.45) is 0 Å². The summed E-state index contributed by atoms with van der Waals surface area (Å²) in [6.07, 6.45) is 1.47. The number of anilines is 1. The highest BCUT2D eigenvalue weighted by molar-refractivity contribution is 5.40. The molecule has 0 unspecified atom stereocenters. The van der Waals surface area contributed by atoms with Crippen molar-refractivity contribution < 1.29 is 5.11 Å². The number of H-pyrrole nitrogens is 1. The lowest BCUT2D eigenvalue weighted by Crippen LogP contribution is -2.17. The predicted octanol–water partition coefficient (Wildman–Crippen LogP) is -0.448. The molecular weight excluding hydrogens is 198 g/mol. The fraction of sp³-hybridized carbons (Fsp3) is 0.125. The number of aryl methyl sites for hydroxylation is 1. The SMILES string of the molecule is Cc1nc(O)c(-n2ccc(N)n2)c(=O)[nH]1. The molecule has 78 valence electrons. The summed E-state index contributed by atoms with van der Waals surface area (Å²) in [5.41, 5.74) is 4.89. The van der Waals surface area contributed by atoms with E-state index in [0.29, 0.717) is 5.82 Å². The van der Waals surface area contributed by atoms with Gasteiger partial charge in [-0.1, -0.05) is 0 Å². The van der Waals surface area contributed by atoms with Gasteiger partial charge in [0.2, 0.25) is 5.88 Å². The number of rotatable bonds is 1. The predicted molar refractivity (Wildman–Crippen MR) is 52.8 cm³/mol. The molecule has 2 heterocycles. The van der Waals surface area contributed by atoms with Gasteiger partial charge >= 0.3 is 0 Å². The lowest BCUT2D eigenvalue weighted by atomic mass is 10.4. The fourth-order valence-electron chi connectivity index (χ4n) is 1.23. The molecule has 7 heteroatoms. The van der Waals surface area contributed by atoms with Crippen molar-refractivity contribution in [3.05, 3.63) is 28.4 Å². The van der Waals surface area contributed by atoms with Crippen LogP contribution in [0.25, 0.3) is 5.69 Å². The second kappa shape index (κ2) is 3.12. The van der Waals surface area contributed by atoms with Crippen molar-refractivity contribution in [3.63, 3.8) is 0 Å². The Morgan fingerprint density at radius 2 is 2.33 bits per heavy atom. The number of hydrogen-bond donors (Lipinski definition) is 3. The molecular formula is C8H9N5O2. The first-order chi connectivity index (χ1) is 7.08. The van der Waals surface area contributed by atoms with Crippen LogP contribution >= 0.6 is 0 Å². The summed E-state index contributed by atoms with van der Waals surface area (Å²) in [5, 5.41) is 13.3. The van der Waals surface area contributed by atoms with Gasteiger partial charge in [0.05, 0.1) is 0 Å². The molecule has 2 rings (SSSR count). The van der Waals surface area contributed by atoms with Crippen LogP contribution < -0.4 is 11.3 Å². The van der Waals surface area contributed by atoms with E-state index in [9.17, 15) is 9.90 Å². The standard InChI is InChI=1S/C8H9N5O2/c1-4-10-7(14)6(8(15)11-4)13-3-2-5(9)12-13/h2-3H,1H3,(H2,9,12)(H2,10,11,14,15). The first-order valence-electron chi connectivity index (χ1n) is 4.19. The fourth-order valence-corrected chi connectivity index (χ4v) is 1.23. The van der Waals surface area contributed by atoms with Gasteiger partial charge in [0.1, 0.15) is 11.6 Å². The maximum Gasteiger partial charge on any atom is 0.280 e. The van der Waals surface area contributed by atoms with E-state index in [-0.39, 0.29) is 17.4 Å². The minimum Gasteiger partial charge on any atom is -0.492 e. The first-order valence-corrected chi connectivity index (χ1v) is 4.19. The van der Waals surface area contributed by atoms with Crippen molar-refractivity contribution in [2.75, 3.05) is 5.73 Å². The maximum atomic E-state index is 11.5. The minimum absolute atomic E-state index is 0.0442. The Hall–Kier alpha value is -2.31. The Morgan fingerprint density at radius 3 is 2.87 bits per heavy atom. The second-order valence-corrected chi connectivity index (χ2v) is 3.01. The molecule has 2 aromatic heterocycles. The highest BCUT2D eigenvalue weighted by Crippen LogP contribution is 2.13. The highest BCUT2D eigenvalue weighted by Gasteiger charge is 2.12. The zero-order valence-corrected chi connectivity index (χ0v) is 7.93. The summed E-state index contributed by atoms with van der Waals surface area (Å²) in [6, 6.07) is 1.51. The molecule has 0 spiro atoms. The molecule has 15 heavy (non-hydrogen) atoms. The number of aromatic hydroxyl groups is 1. The van der Waals surface area contributed by atoms with Crippen molar-refractivity contribution in [1.82, 2.24) is 19.7 Å². The molecule has 0 aliphatic carbocycles. The molecule has 7 nitrogen and oxygen atoms in total. The average molecular weight is 207 g/mol. The van der Waals surface area contributed by atoms with Crippen LogP contribution in [0.15, 0.2) is 17.1 Å². The van der Waals surface area contributed by atoms with Gasteiger partial charge in [-0.05, 0) is 6.92 Å². The maximum absolute atomic E-state index is 11.5. The molecule has 0 aliphatic heterocycles. The van der Waals surface area contributed by atoms with Crippen molar-refractivity contribution in [1.29, 1.82) is 0 Å². The monoisotopic (exact) mass is 207 g/mol. The van der Waals surface area contributed by atoms with Crippen molar-refractivity contribution in [3.8, 4) is 11.6 Å². The van der Waals surface area contributed by atoms with Crippen LogP contribution in [0.3, 0.4) is 0 Å². The van der Waals surface area contributed by atoms with Gasteiger partial charge in [-0.3, -0.25) is 4.79 Å². The van der Waals surface area contributed by atoms with E-state index in [0.717, 1.165) is 0 Å². The van der Waals surface area contributed by atoms with Crippen molar-refractivity contribution >= 4 is 5.82 Å². The minimum atomic E-state index is -0.469. The summed E-state index contributed by atoms with van der Waals surface area (Å²) < 4.78 is 1.18. The van der Waals surface area contributed by atoms with E-state index in [1.807, 2.05) is 0 Å². The summed E-state index contributed by atoms with van der Waals surface area (Å²) in [6.45, 7) is 1.57. The molecule has 0 amide bonds. The lowest BCUT2D eigenvalue weighted by Gasteiger charge is -2.02. The Bertz CT molecular complexity index is 556. The van der Waals surface area contributed by atoms with E-state index < -0.39 is 5.56 Å². The van der Waals surface area contributed by atoms with Gasteiger partial charge in [-0.2, -0.15) is 10.1 Å². The summed E-state index contributed by atoms with van der Waals surface area (Å²) in [4.78, 5) is 17.7. The third-order valence-electron chi connectivity index (χ3n) is 1.83. The van der Waals surface area contributed by atoms with Gasteiger partial charge in [0, 0.05) is 12.3 Å². The quantitative estimate of drug-likeness (QED) is 0.586. The van der Waals surface area contributed by atoms with Crippen LogP contribution in [-0.4, -0.2) is 24.9 Å². The summed E-state index contributed by atoms with van der Waals surface area (Å²) >= 11 is 0. The van der Waals surface area contributed by atoms with E-state index in [4.69, 9.17) is 5.73 Å². The first kappa shape index (κ1) is 9.25. The smallest absolute Gasteiger partial charge is 0.280 e. The van der Waals surface area contributed by atoms with Gasteiger partial charge in [-0.25, -0.2) is 4.68 Å².